The summed E-state index contributed by atoms with van der Waals surface area (Å²) in [5.74, 6) is 1.00. The van der Waals surface area contributed by atoms with Gasteiger partial charge in [0.1, 0.15) is 11.9 Å². The summed E-state index contributed by atoms with van der Waals surface area (Å²) in [5, 5.41) is 4.20. The fourth-order valence-electron chi connectivity index (χ4n) is 2.88. The van der Waals surface area contributed by atoms with Crippen LogP contribution in [0.4, 0.5) is 0 Å². The Labute approximate surface area is 113 Å². The van der Waals surface area contributed by atoms with E-state index in [1.165, 1.54) is 12.0 Å². The molecule has 18 heavy (non-hydrogen) atoms. The maximum absolute atomic E-state index is 6.01. The summed E-state index contributed by atoms with van der Waals surface area (Å²) in [6.45, 7) is 3.22. The van der Waals surface area contributed by atoms with E-state index in [1.54, 1.807) is 0 Å². The van der Waals surface area contributed by atoms with Crippen molar-refractivity contribution < 1.29 is 4.74 Å². The van der Waals surface area contributed by atoms with E-state index in [-0.39, 0.29) is 6.10 Å². The summed E-state index contributed by atoms with van der Waals surface area (Å²) < 4.78 is 5.97. The van der Waals surface area contributed by atoms with E-state index in [2.05, 4.69) is 17.3 Å². The van der Waals surface area contributed by atoms with Crippen LogP contribution in [0.25, 0.3) is 0 Å². The first-order valence-electron chi connectivity index (χ1n) is 6.58. The molecule has 0 amide bonds. The van der Waals surface area contributed by atoms with E-state index in [9.17, 15) is 0 Å². The molecule has 0 spiro atoms. The fourth-order valence-corrected chi connectivity index (χ4v) is 3.07. The Morgan fingerprint density at radius 2 is 2.39 bits per heavy atom. The van der Waals surface area contributed by atoms with Crippen molar-refractivity contribution in [3.05, 3.63) is 28.8 Å². The van der Waals surface area contributed by atoms with Crippen LogP contribution in [-0.4, -0.2) is 43.7 Å². The summed E-state index contributed by atoms with van der Waals surface area (Å²) in [6, 6.07) is 6.55. The first kappa shape index (κ1) is 12.3. The zero-order chi connectivity index (χ0) is 12.5. The highest BCUT2D eigenvalue weighted by Gasteiger charge is 2.27. The smallest absolute Gasteiger partial charge is 0.123 e. The van der Waals surface area contributed by atoms with Crippen molar-refractivity contribution in [2.75, 3.05) is 26.7 Å². The molecule has 2 aliphatic heterocycles. The molecule has 98 valence electrons. The SMILES string of the molecule is CN(CC1Cc2cc(Cl)ccc2O1)C1CCNC1. The molecule has 2 unspecified atom stereocenters. The minimum Gasteiger partial charge on any atom is -0.488 e. The van der Waals surface area contributed by atoms with Gasteiger partial charge in [-0.3, -0.25) is 4.90 Å². The quantitative estimate of drug-likeness (QED) is 0.905. The van der Waals surface area contributed by atoms with Crippen molar-refractivity contribution >= 4 is 11.6 Å². The number of likely N-dealkylation sites (N-methyl/N-ethyl adjacent to an activating group) is 1. The van der Waals surface area contributed by atoms with Gasteiger partial charge < -0.3 is 10.1 Å². The third-order valence-electron chi connectivity index (χ3n) is 3.91. The van der Waals surface area contributed by atoms with Crippen LogP contribution in [0.3, 0.4) is 0 Å². The van der Waals surface area contributed by atoms with Crippen LogP contribution in [-0.2, 0) is 6.42 Å². The lowest BCUT2D eigenvalue weighted by Gasteiger charge is -2.26. The van der Waals surface area contributed by atoms with Crippen LogP contribution < -0.4 is 10.1 Å². The predicted molar refractivity (Wildman–Crippen MR) is 73.5 cm³/mol. The van der Waals surface area contributed by atoms with E-state index in [0.717, 1.165) is 36.8 Å². The molecule has 1 aromatic rings. The molecule has 3 nitrogen and oxygen atoms in total. The first-order valence-corrected chi connectivity index (χ1v) is 6.96. The second-order valence-corrected chi connectivity index (χ2v) is 5.72. The molecule has 1 N–H and O–H groups in total. The Hall–Kier alpha value is -0.770. The standard InChI is InChI=1S/C14H19ClN2O/c1-17(12-4-5-16-8-12)9-13-7-10-6-11(15)2-3-14(10)18-13/h2-3,6,12-13,16H,4-5,7-9H2,1H3. The number of nitrogens with zero attached hydrogens (tertiary/aromatic N) is 1. The largest absolute Gasteiger partial charge is 0.488 e. The maximum Gasteiger partial charge on any atom is 0.123 e. The molecule has 0 radical (unpaired) electrons. The van der Waals surface area contributed by atoms with Gasteiger partial charge in [-0.1, -0.05) is 11.6 Å². The van der Waals surface area contributed by atoms with E-state index in [1.807, 2.05) is 18.2 Å². The summed E-state index contributed by atoms with van der Waals surface area (Å²) in [7, 11) is 2.19. The van der Waals surface area contributed by atoms with Crippen LogP contribution in [0.1, 0.15) is 12.0 Å². The highest BCUT2D eigenvalue weighted by Crippen LogP contribution is 2.31. The molecule has 2 heterocycles. The third-order valence-corrected chi connectivity index (χ3v) is 4.15. The molecule has 0 saturated carbocycles. The molecular weight excluding hydrogens is 248 g/mol. The van der Waals surface area contributed by atoms with Gasteiger partial charge in [0, 0.05) is 30.6 Å². The Bertz CT molecular complexity index is 432. The van der Waals surface area contributed by atoms with Gasteiger partial charge in [0.2, 0.25) is 0 Å². The number of halogens is 1. The minimum atomic E-state index is 0.268. The Kier molecular flexibility index (Phi) is 3.46. The normalized spacial score (nSPS) is 26.4. The molecule has 1 saturated heterocycles. The van der Waals surface area contributed by atoms with Crippen molar-refractivity contribution in [2.24, 2.45) is 0 Å². The lowest BCUT2D eigenvalue weighted by atomic mass is 10.1. The van der Waals surface area contributed by atoms with Crippen LogP contribution in [0, 0.1) is 0 Å². The highest BCUT2D eigenvalue weighted by atomic mass is 35.5. The molecule has 1 fully saturated rings. The average molecular weight is 267 g/mol. The Morgan fingerprint density at radius 1 is 1.50 bits per heavy atom. The number of nitrogens with one attached hydrogen (secondary N) is 1. The molecule has 3 rings (SSSR count). The summed E-state index contributed by atoms with van der Waals surface area (Å²) in [4.78, 5) is 2.41. The van der Waals surface area contributed by atoms with Crippen molar-refractivity contribution in [1.82, 2.24) is 10.2 Å². The minimum absolute atomic E-state index is 0.268. The average Bonchev–Trinajstić information content (AvgIpc) is 2.95. The molecule has 2 atom stereocenters. The van der Waals surface area contributed by atoms with Crippen LogP contribution in [0.5, 0.6) is 5.75 Å². The monoisotopic (exact) mass is 266 g/mol. The van der Waals surface area contributed by atoms with E-state index in [0.29, 0.717) is 6.04 Å². The van der Waals surface area contributed by atoms with Crippen LogP contribution in [0.2, 0.25) is 5.02 Å². The zero-order valence-corrected chi connectivity index (χ0v) is 11.4. The Balaban J connectivity index is 1.60. The van der Waals surface area contributed by atoms with Gasteiger partial charge in [-0.2, -0.15) is 0 Å². The van der Waals surface area contributed by atoms with Crippen LogP contribution >= 0.6 is 11.6 Å². The molecular formula is C14H19ClN2O. The topological polar surface area (TPSA) is 24.5 Å². The predicted octanol–water partition coefficient (Wildman–Crippen LogP) is 1.94. The van der Waals surface area contributed by atoms with Crippen molar-refractivity contribution in [3.63, 3.8) is 0 Å². The molecule has 2 aliphatic rings. The summed E-state index contributed by atoms with van der Waals surface area (Å²) in [6.07, 6.45) is 2.48. The van der Waals surface area contributed by atoms with E-state index in [4.69, 9.17) is 16.3 Å². The lowest BCUT2D eigenvalue weighted by molar-refractivity contribution is 0.144. The van der Waals surface area contributed by atoms with Gasteiger partial charge in [0.25, 0.3) is 0 Å². The summed E-state index contributed by atoms with van der Waals surface area (Å²) in [5.41, 5.74) is 1.24. The highest BCUT2D eigenvalue weighted by molar-refractivity contribution is 6.30. The van der Waals surface area contributed by atoms with Gasteiger partial charge in [0.15, 0.2) is 0 Å². The second-order valence-electron chi connectivity index (χ2n) is 5.28. The molecule has 4 heteroatoms. The second kappa shape index (κ2) is 5.08. The summed E-state index contributed by atoms with van der Waals surface area (Å²) >= 11 is 6.01. The van der Waals surface area contributed by atoms with Gasteiger partial charge in [-0.15, -0.1) is 0 Å². The number of hydrogen-bond donors (Lipinski definition) is 1. The van der Waals surface area contributed by atoms with Crippen molar-refractivity contribution in [3.8, 4) is 5.75 Å². The van der Waals surface area contributed by atoms with Gasteiger partial charge >= 0.3 is 0 Å². The number of ether oxygens (including phenoxy) is 1. The Morgan fingerprint density at radius 3 is 3.17 bits per heavy atom. The van der Waals surface area contributed by atoms with Gasteiger partial charge in [-0.25, -0.2) is 0 Å². The maximum atomic E-state index is 6.01. The molecule has 0 aliphatic carbocycles. The number of rotatable bonds is 3. The van der Waals surface area contributed by atoms with Gasteiger partial charge in [-0.05, 0) is 43.8 Å². The van der Waals surface area contributed by atoms with Crippen LogP contribution in [0.15, 0.2) is 18.2 Å². The zero-order valence-electron chi connectivity index (χ0n) is 10.7. The number of benzene rings is 1. The fraction of sp³-hybridized carbons (Fsp3) is 0.571. The van der Waals surface area contributed by atoms with E-state index >= 15 is 0 Å². The van der Waals surface area contributed by atoms with Gasteiger partial charge in [0.05, 0.1) is 0 Å². The first-order chi connectivity index (χ1) is 8.72. The van der Waals surface area contributed by atoms with Crippen molar-refractivity contribution in [1.29, 1.82) is 0 Å². The molecule has 1 aromatic carbocycles. The lowest BCUT2D eigenvalue weighted by Crippen LogP contribution is -2.40. The van der Waals surface area contributed by atoms with Crippen molar-refractivity contribution in [2.45, 2.75) is 25.0 Å². The molecule has 0 aromatic heterocycles. The number of fused-ring (bicyclic) bond motifs is 1. The number of hydrogen-bond acceptors (Lipinski definition) is 3. The molecule has 0 bridgehead atoms. The van der Waals surface area contributed by atoms with E-state index < -0.39 is 0 Å². The third kappa shape index (κ3) is 2.48.